The lowest BCUT2D eigenvalue weighted by Crippen LogP contribution is -2.49. The Hall–Kier alpha value is -1.07. The first-order valence-electron chi connectivity index (χ1n) is 6.41. The average molecular weight is 268 g/mol. The summed E-state index contributed by atoms with van der Waals surface area (Å²) in [6, 6.07) is 7.36. The molecule has 0 radical (unpaired) electrons. The average Bonchev–Trinajstić information content (AvgIpc) is 2.33. The van der Waals surface area contributed by atoms with Gasteiger partial charge in [0.05, 0.1) is 11.2 Å². The molecule has 0 unspecified atom stereocenters. The van der Waals surface area contributed by atoms with Gasteiger partial charge in [0.15, 0.2) is 0 Å². The first-order valence-corrected chi connectivity index (χ1v) is 6.41. The molecule has 1 N–H and O–H groups in total. The summed E-state index contributed by atoms with van der Waals surface area (Å²) in [4.78, 5) is 0. The highest BCUT2D eigenvalue weighted by atomic mass is 19.1. The van der Waals surface area contributed by atoms with Gasteiger partial charge in [-0.3, -0.25) is 0 Å². The molecular weight excluding hydrogens is 246 g/mol. The minimum atomic E-state index is -0.957. The Bertz CT molecular complexity index is 402. The van der Waals surface area contributed by atoms with E-state index in [0.717, 1.165) is 5.46 Å². The third-order valence-electron chi connectivity index (χ3n) is 3.37. The van der Waals surface area contributed by atoms with Crippen LogP contribution in [0.1, 0.15) is 27.7 Å². The van der Waals surface area contributed by atoms with Gasteiger partial charge >= 0.3 is 7.48 Å². The summed E-state index contributed by atoms with van der Waals surface area (Å²) in [6.45, 7) is 6.59. The van der Waals surface area contributed by atoms with E-state index in [9.17, 15) is 9.50 Å². The van der Waals surface area contributed by atoms with Gasteiger partial charge in [0.1, 0.15) is 19.0 Å². The number of ether oxygens (including phenoxy) is 1. The molecule has 5 heteroatoms. The monoisotopic (exact) mass is 268 g/mol. The molecule has 0 saturated heterocycles. The van der Waals surface area contributed by atoms with Gasteiger partial charge in [-0.2, -0.15) is 0 Å². The second kappa shape index (κ2) is 6.39. The summed E-state index contributed by atoms with van der Waals surface area (Å²) in [6.07, 6.45) is 0. The first-order chi connectivity index (χ1) is 8.78. The predicted octanol–water partition coefficient (Wildman–Crippen LogP) is 1.58. The highest BCUT2D eigenvalue weighted by Crippen LogP contribution is 2.24. The van der Waals surface area contributed by atoms with Crippen molar-refractivity contribution >= 4 is 12.9 Å². The van der Waals surface area contributed by atoms with Crippen molar-refractivity contribution < 1.29 is 18.9 Å². The number of hydrogen-bond donors (Lipinski definition) is 1. The number of halogens is 1. The normalized spacial score (nSPS) is 12.3. The van der Waals surface area contributed by atoms with Crippen molar-refractivity contribution in [2.75, 3.05) is 13.3 Å². The smallest absolute Gasteiger partial charge is 0.313 e. The van der Waals surface area contributed by atoms with Gasteiger partial charge in [-0.05, 0) is 39.2 Å². The molecule has 0 fully saturated rings. The molecule has 1 aromatic rings. The molecule has 0 aliphatic heterocycles. The van der Waals surface area contributed by atoms with E-state index in [1.807, 2.05) is 32.0 Å². The number of rotatable bonds is 7. The quantitative estimate of drug-likeness (QED) is 0.763. The molecule has 3 nitrogen and oxygen atoms in total. The van der Waals surface area contributed by atoms with Gasteiger partial charge in [0.2, 0.25) is 0 Å². The van der Waals surface area contributed by atoms with Crippen LogP contribution in [-0.2, 0) is 4.65 Å². The standard InChI is InChI=1S/C14H22BFO3/c1-13(2,17)14(3,4)19-15-11-7-5-6-8-12(11)18-10-9-16/h5-8,15,17H,9-10H2,1-4H3. The maximum absolute atomic E-state index is 12.2. The minimum absolute atomic E-state index is 0.0336. The van der Waals surface area contributed by atoms with E-state index < -0.39 is 17.9 Å². The Morgan fingerprint density at radius 2 is 1.84 bits per heavy atom. The summed E-state index contributed by atoms with van der Waals surface area (Å²) in [5.74, 6) is 0.617. The van der Waals surface area contributed by atoms with E-state index in [0.29, 0.717) is 13.2 Å². The summed E-state index contributed by atoms with van der Waals surface area (Å²) >= 11 is 0. The van der Waals surface area contributed by atoms with E-state index in [4.69, 9.17) is 9.39 Å². The zero-order valence-electron chi connectivity index (χ0n) is 12.1. The van der Waals surface area contributed by atoms with Crippen LogP contribution in [0.5, 0.6) is 5.75 Å². The Labute approximate surface area is 115 Å². The van der Waals surface area contributed by atoms with E-state index in [1.165, 1.54) is 0 Å². The topological polar surface area (TPSA) is 38.7 Å². The van der Waals surface area contributed by atoms with Crippen LogP contribution in [0.4, 0.5) is 4.39 Å². The summed E-state index contributed by atoms with van der Waals surface area (Å²) in [5.41, 5.74) is -0.810. The number of benzene rings is 1. The Balaban J connectivity index is 2.72. The zero-order chi connectivity index (χ0) is 14.5. The molecule has 0 amide bonds. The summed E-state index contributed by atoms with van der Waals surface area (Å²) in [7, 11) is 0.305. The minimum Gasteiger partial charge on any atom is -0.491 e. The van der Waals surface area contributed by atoms with Crippen LogP contribution in [0, 0.1) is 0 Å². The molecule has 1 aromatic carbocycles. The fourth-order valence-electron chi connectivity index (χ4n) is 1.35. The first kappa shape index (κ1) is 16.0. The lowest BCUT2D eigenvalue weighted by Gasteiger charge is -2.37. The highest BCUT2D eigenvalue weighted by Gasteiger charge is 2.35. The third kappa shape index (κ3) is 4.51. The van der Waals surface area contributed by atoms with Crippen molar-refractivity contribution in [3.63, 3.8) is 0 Å². The van der Waals surface area contributed by atoms with Gasteiger partial charge in [-0.1, -0.05) is 18.2 Å². The van der Waals surface area contributed by atoms with Crippen molar-refractivity contribution in [3.8, 4) is 5.75 Å². The number of aliphatic hydroxyl groups is 1. The van der Waals surface area contributed by atoms with Gasteiger partial charge < -0.3 is 14.5 Å². The van der Waals surface area contributed by atoms with Gasteiger partial charge in [-0.15, -0.1) is 0 Å². The number of para-hydroxylation sites is 1. The molecular formula is C14H22BFO3. The molecule has 0 atom stereocenters. The zero-order valence-corrected chi connectivity index (χ0v) is 12.1. The Kier molecular flexibility index (Phi) is 5.38. The molecule has 0 heterocycles. The Morgan fingerprint density at radius 1 is 1.21 bits per heavy atom. The van der Waals surface area contributed by atoms with E-state index >= 15 is 0 Å². The molecule has 0 aliphatic carbocycles. The summed E-state index contributed by atoms with van der Waals surface area (Å²) < 4.78 is 23.2. The molecule has 0 saturated carbocycles. The molecule has 0 spiro atoms. The fourth-order valence-corrected chi connectivity index (χ4v) is 1.35. The van der Waals surface area contributed by atoms with Crippen LogP contribution < -0.4 is 10.2 Å². The van der Waals surface area contributed by atoms with Crippen molar-refractivity contribution in [1.29, 1.82) is 0 Å². The van der Waals surface area contributed by atoms with Gasteiger partial charge in [0.25, 0.3) is 0 Å². The molecule has 1 rings (SSSR count). The van der Waals surface area contributed by atoms with Crippen LogP contribution >= 0.6 is 0 Å². The lowest BCUT2D eigenvalue weighted by molar-refractivity contribution is -0.0893. The SMILES string of the molecule is CC(C)(O)C(C)(C)OBc1ccccc1OCCF. The molecule has 106 valence electrons. The van der Waals surface area contributed by atoms with Crippen molar-refractivity contribution in [2.45, 2.75) is 38.9 Å². The van der Waals surface area contributed by atoms with Gasteiger partial charge in [-0.25, -0.2) is 4.39 Å². The molecule has 0 bridgehead atoms. The van der Waals surface area contributed by atoms with Crippen LogP contribution in [0.3, 0.4) is 0 Å². The largest absolute Gasteiger partial charge is 0.491 e. The maximum Gasteiger partial charge on any atom is 0.313 e. The van der Waals surface area contributed by atoms with E-state index in [1.54, 1.807) is 19.9 Å². The third-order valence-corrected chi connectivity index (χ3v) is 3.37. The van der Waals surface area contributed by atoms with Crippen molar-refractivity contribution in [2.24, 2.45) is 0 Å². The van der Waals surface area contributed by atoms with Gasteiger partial charge in [0, 0.05) is 0 Å². The van der Waals surface area contributed by atoms with E-state index in [-0.39, 0.29) is 6.61 Å². The number of alkyl halides is 1. The maximum atomic E-state index is 12.2. The predicted molar refractivity (Wildman–Crippen MR) is 76.2 cm³/mol. The number of hydrogen-bond acceptors (Lipinski definition) is 3. The molecule has 19 heavy (non-hydrogen) atoms. The fraction of sp³-hybridized carbons (Fsp3) is 0.571. The lowest BCUT2D eigenvalue weighted by atomic mass is 9.82. The van der Waals surface area contributed by atoms with Crippen LogP contribution in [-0.4, -0.2) is 37.1 Å². The highest BCUT2D eigenvalue weighted by molar-refractivity contribution is 6.48. The molecule has 0 aromatic heterocycles. The van der Waals surface area contributed by atoms with Crippen LogP contribution in [0.25, 0.3) is 0 Å². The van der Waals surface area contributed by atoms with Crippen molar-refractivity contribution in [1.82, 2.24) is 0 Å². The summed E-state index contributed by atoms with van der Waals surface area (Å²) in [5, 5.41) is 10.0. The second-order valence-electron chi connectivity index (χ2n) is 5.50. The second-order valence-corrected chi connectivity index (χ2v) is 5.50. The molecule has 0 aliphatic rings. The van der Waals surface area contributed by atoms with Crippen LogP contribution in [0.15, 0.2) is 24.3 Å². The van der Waals surface area contributed by atoms with Crippen molar-refractivity contribution in [3.05, 3.63) is 24.3 Å². The Morgan fingerprint density at radius 3 is 2.42 bits per heavy atom. The van der Waals surface area contributed by atoms with E-state index in [2.05, 4.69) is 0 Å². The van der Waals surface area contributed by atoms with Crippen LogP contribution in [0.2, 0.25) is 0 Å².